The lowest BCUT2D eigenvalue weighted by molar-refractivity contribution is 1.25. The summed E-state index contributed by atoms with van der Waals surface area (Å²) in [5.41, 5.74) is 9.94. The van der Waals surface area contributed by atoms with Crippen molar-refractivity contribution in [2.75, 3.05) is 14.7 Å². The Kier molecular flexibility index (Phi) is 8.41. The van der Waals surface area contributed by atoms with Crippen LogP contribution < -0.4 is 14.7 Å². The molecule has 0 saturated heterocycles. The van der Waals surface area contributed by atoms with Crippen LogP contribution in [0.25, 0.3) is 20.2 Å². The maximum atomic E-state index is 2.39. The van der Waals surface area contributed by atoms with Crippen molar-refractivity contribution in [3.63, 3.8) is 0 Å². The number of hydrogen-bond donors (Lipinski definition) is 0. The van der Waals surface area contributed by atoms with E-state index < -0.39 is 0 Å². The van der Waals surface area contributed by atoms with Gasteiger partial charge in [0.1, 0.15) is 0 Å². The van der Waals surface area contributed by atoms with E-state index in [4.69, 9.17) is 0 Å². The SMILES string of the molecule is c1ccc(N(c2ccccc2)c2ccc(N(c3ccccc3)c3cc(N(c4ccccc4)c4ccccc4)c4sc5ccccc5c4c3)cc2)cc1. The molecule has 0 aliphatic carbocycles. The number of anilines is 9. The molecule has 0 amide bonds. The molecular formula is C48H35N3S. The maximum Gasteiger partial charge on any atom is 0.0661 e. The minimum atomic E-state index is 1.08. The zero-order valence-corrected chi connectivity index (χ0v) is 29.3. The number of para-hydroxylation sites is 5. The Morgan fingerprint density at radius 2 is 0.615 bits per heavy atom. The molecule has 52 heavy (non-hydrogen) atoms. The van der Waals surface area contributed by atoms with Gasteiger partial charge in [-0.05, 0) is 103 Å². The highest BCUT2D eigenvalue weighted by molar-refractivity contribution is 7.26. The summed E-state index contributed by atoms with van der Waals surface area (Å²) in [6.07, 6.45) is 0. The largest absolute Gasteiger partial charge is 0.311 e. The van der Waals surface area contributed by atoms with Crippen LogP contribution in [-0.2, 0) is 0 Å². The molecule has 3 nitrogen and oxygen atoms in total. The summed E-state index contributed by atoms with van der Waals surface area (Å²) in [5.74, 6) is 0. The molecule has 0 bridgehead atoms. The molecule has 0 spiro atoms. The summed E-state index contributed by atoms with van der Waals surface area (Å²) in [7, 11) is 0. The first-order chi connectivity index (χ1) is 25.8. The van der Waals surface area contributed by atoms with Crippen LogP contribution in [0.1, 0.15) is 0 Å². The zero-order chi connectivity index (χ0) is 34.7. The molecule has 0 radical (unpaired) electrons. The van der Waals surface area contributed by atoms with Crippen LogP contribution in [0.15, 0.2) is 212 Å². The Labute approximate surface area is 308 Å². The molecule has 248 valence electrons. The first-order valence-electron chi connectivity index (χ1n) is 17.5. The Balaban J connectivity index is 1.25. The van der Waals surface area contributed by atoms with Gasteiger partial charge in [0.25, 0.3) is 0 Å². The van der Waals surface area contributed by atoms with Crippen molar-refractivity contribution in [3.05, 3.63) is 212 Å². The van der Waals surface area contributed by atoms with E-state index in [0.717, 1.165) is 51.2 Å². The third-order valence-electron chi connectivity index (χ3n) is 9.38. The molecule has 9 rings (SSSR count). The fraction of sp³-hybridized carbons (Fsp3) is 0. The Morgan fingerprint density at radius 3 is 1.06 bits per heavy atom. The quantitative estimate of drug-likeness (QED) is 0.150. The molecule has 9 aromatic rings. The van der Waals surface area contributed by atoms with Gasteiger partial charge in [-0.3, -0.25) is 0 Å². The molecule has 1 aromatic heterocycles. The standard InChI is InChI=1S/C48H35N3S/c1-6-18-36(19-7-1)49(37-20-8-2-9-21-37)41-30-32-42(33-31-41)50(38-22-10-3-11-23-38)43-34-45-44-28-16-17-29-47(44)52-48(45)46(35-43)51(39-24-12-4-13-25-39)40-26-14-5-15-27-40/h1-35H. The lowest BCUT2D eigenvalue weighted by Crippen LogP contribution is -2.14. The van der Waals surface area contributed by atoms with Crippen molar-refractivity contribution < 1.29 is 0 Å². The van der Waals surface area contributed by atoms with E-state index in [-0.39, 0.29) is 0 Å². The maximum absolute atomic E-state index is 2.39. The van der Waals surface area contributed by atoms with Gasteiger partial charge >= 0.3 is 0 Å². The number of nitrogens with zero attached hydrogens (tertiary/aromatic N) is 3. The molecule has 8 aromatic carbocycles. The molecular weight excluding hydrogens is 651 g/mol. The van der Waals surface area contributed by atoms with Crippen molar-refractivity contribution in [3.8, 4) is 0 Å². The summed E-state index contributed by atoms with van der Waals surface area (Å²) in [6.45, 7) is 0. The van der Waals surface area contributed by atoms with Crippen molar-refractivity contribution in [1.29, 1.82) is 0 Å². The van der Waals surface area contributed by atoms with Crippen LogP contribution in [-0.4, -0.2) is 0 Å². The van der Waals surface area contributed by atoms with Gasteiger partial charge in [0.2, 0.25) is 0 Å². The lowest BCUT2D eigenvalue weighted by atomic mass is 10.1. The van der Waals surface area contributed by atoms with Gasteiger partial charge in [-0.2, -0.15) is 0 Å². The summed E-state index contributed by atoms with van der Waals surface area (Å²) >= 11 is 1.85. The second-order valence-corrected chi connectivity index (χ2v) is 13.7. The fourth-order valence-electron chi connectivity index (χ4n) is 7.05. The van der Waals surface area contributed by atoms with Crippen molar-refractivity contribution >= 4 is 82.7 Å². The minimum Gasteiger partial charge on any atom is -0.311 e. The Morgan fingerprint density at radius 1 is 0.269 bits per heavy atom. The third kappa shape index (κ3) is 5.96. The normalized spacial score (nSPS) is 11.1. The van der Waals surface area contributed by atoms with Crippen LogP contribution in [0.4, 0.5) is 51.2 Å². The summed E-state index contributed by atoms with van der Waals surface area (Å²) in [5, 5.41) is 2.50. The second kappa shape index (κ2) is 13.9. The zero-order valence-electron chi connectivity index (χ0n) is 28.5. The van der Waals surface area contributed by atoms with Crippen molar-refractivity contribution in [2.24, 2.45) is 0 Å². The van der Waals surface area contributed by atoms with Crippen molar-refractivity contribution in [1.82, 2.24) is 0 Å². The van der Waals surface area contributed by atoms with E-state index in [1.165, 1.54) is 20.2 Å². The van der Waals surface area contributed by atoms with Crippen LogP contribution in [0.2, 0.25) is 0 Å². The van der Waals surface area contributed by atoms with Gasteiger partial charge in [0.15, 0.2) is 0 Å². The fourth-order valence-corrected chi connectivity index (χ4v) is 8.24. The van der Waals surface area contributed by atoms with Crippen LogP contribution in [0, 0.1) is 0 Å². The van der Waals surface area contributed by atoms with E-state index in [1.807, 2.05) is 11.3 Å². The predicted octanol–water partition coefficient (Wildman–Crippen LogP) is 14.5. The first-order valence-corrected chi connectivity index (χ1v) is 18.3. The van der Waals surface area contributed by atoms with Gasteiger partial charge in [-0.1, -0.05) is 109 Å². The monoisotopic (exact) mass is 685 g/mol. The molecule has 0 aliphatic rings. The molecule has 0 unspecified atom stereocenters. The highest BCUT2D eigenvalue weighted by Gasteiger charge is 2.23. The molecule has 1 heterocycles. The van der Waals surface area contributed by atoms with Crippen LogP contribution in [0.3, 0.4) is 0 Å². The van der Waals surface area contributed by atoms with Gasteiger partial charge in [-0.15, -0.1) is 11.3 Å². The van der Waals surface area contributed by atoms with E-state index in [0.29, 0.717) is 0 Å². The van der Waals surface area contributed by atoms with Gasteiger partial charge in [-0.25, -0.2) is 0 Å². The molecule has 0 saturated carbocycles. The average molecular weight is 686 g/mol. The smallest absolute Gasteiger partial charge is 0.0661 e. The summed E-state index contributed by atoms with van der Waals surface area (Å²) in [6, 6.07) is 75.6. The van der Waals surface area contributed by atoms with E-state index >= 15 is 0 Å². The highest BCUT2D eigenvalue weighted by Crippen LogP contribution is 2.49. The molecule has 0 atom stereocenters. The van der Waals surface area contributed by atoms with E-state index in [9.17, 15) is 0 Å². The third-order valence-corrected chi connectivity index (χ3v) is 10.6. The molecule has 0 aliphatic heterocycles. The number of rotatable bonds is 9. The van der Waals surface area contributed by atoms with E-state index in [1.54, 1.807) is 0 Å². The molecule has 0 N–H and O–H groups in total. The molecule has 0 fully saturated rings. The van der Waals surface area contributed by atoms with Crippen molar-refractivity contribution in [2.45, 2.75) is 0 Å². The number of thiophene rings is 1. The predicted molar refractivity (Wildman–Crippen MR) is 223 cm³/mol. The van der Waals surface area contributed by atoms with E-state index in [2.05, 4.69) is 227 Å². The number of hydrogen-bond acceptors (Lipinski definition) is 4. The van der Waals surface area contributed by atoms with Crippen LogP contribution in [0.5, 0.6) is 0 Å². The number of benzene rings is 8. The Bertz CT molecular complexity index is 2470. The average Bonchev–Trinajstić information content (AvgIpc) is 3.60. The lowest BCUT2D eigenvalue weighted by Gasteiger charge is -2.30. The Hall–Kier alpha value is -6.62. The summed E-state index contributed by atoms with van der Waals surface area (Å²) in [4.78, 5) is 7.07. The van der Waals surface area contributed by atoms with Gasteiger partial charge in [0.05, 0.1) is 10.4 Å². The molecule has 4 heteroatoms. The van der Waals surface area contributed by atoms with Gasteiger partial charge < -0.3 is 14.7 Å². The summed E-state index contributed by atoms with van der Waals surface area (Å²) < 4.78 is 2.52. The minimum absolute atomic E-state index is 1.08. The van der Waals surface area contributed by atoms with Gasteiger partial charge in [0, 0.05) is 61.0 Å². The highest BCUT2D eigenvalue weighted by atomic mass is 32.1. The number of fused-ring (bicyclic) bond motifs is 3. The van der Waals surface area contributed by atoms with Crippen LogP contribution >= 0.6 is 11.3 Å². The first kappa shape index (κ1) is 31.4. The second-order valence-electron chi connectivity index (χ2n) is 12.6. The topological polar surface area (TPSA) is 9.72 Å².